The van der Waals surface area contributed by atoms with Crippen LogP contribution >= 0.6 is 22.7 Å². The summed E-state index contributed by atoms with van der Waals surface area (Å²) in [6.45, 7) is 13.8. The standard InChI is InChI=1S/2C16H17NOSSi.Be/c2*1-20(2,3)11-8-9-14(18)12(10-11)16-17-13-6-4-5-7-15(13)19-16;/h2*4-10,18H,1-3H3;/q;;+2. The van der Waals surface area contributed by atoms with Crippen LogP contribution in [0.4, 0.5) is 0 Å². The summed E-state index contributed by atoms with van der Waals surface area (Å²) in [6, 6.07) is 27.9. The molecule has 0 saturated heterocycles. The molecule has 204 valence electrons. The van der Waals surface area contributed by atoms with Gasteiger partial charge in [0.25, 0.3) is 10.0 Å². The smallest absolute Gasteiger partial charge is 0.872 e. The molecule has 4 nitrogen and oxygen atoms in total. The largest absolute Gasteiger partial charge is 2.00 e. The summed E-state index contributed by atoms with van der Waals surface area (Å²) in [4.78, 5) is 6.73. The summed E-state index contributed by atoms with van der Waals surface area (Å²) >= 11 is 3.29. The van der Waals surface area contributed by atoms with E-state index in [1.807, 2.05) is 48.5 Å². The van der Waals surface area contributed by atoms with Crippen LogP contribution in [0.3, 0.4) is 0 Å². The van der Waals surface area contributed by atoms with Gasteiger partial charge in [0.15, 0.2) is 0 Å². The van der Waals surface area contributed by atoms with E-state index < -0.39 is 16.1 Å². The normalized spacial score (nSPS) is 11.7. The van der Waals surface area contributed by atoms with Crippen LogP contribution in [-0.4, -0.2) is 26.3 Å². The predicted molar refractivity (Wildman–Crippen MR) is 178 cm³/mol. The minimum absolute atomic E-state index is 0. The Kier molecular flexibility index (Phi) is 9.02. The SMILES string of the molecule is C[Si](C)(C)c1ccc([O-])c(-c2[nH+]c3ccccc3s2)c1.C[Si](C)(C)c1ccc([O-])c(-c2[nH+]c3ccccc3s2)c1.[Be+2]. The van der Waals surface area contributed by atoms with Crippen molar-refractivity contribution in [3.8, 4) is 32.6 Å². The Morgan fingerprint density at radius 3 is 1.24 bits per heavy atom. The molecule has 0 spiro atoms. The van der Waals surface area contributed by atoms with Crippen molar-refractivity contribution in [3.05, 3.63) is 84.9 Å². The molecule has 0 atom stereocenters. The van der Waals surface area contributed by atoms with Crippen molar-refractivity contribution in [1.82, 2.24) is 0 Å². The van der Waals surface area contributed by atoms with Gasteiger partial charge < -0.3 is 10.2 Å². The number of aromatic nitrogens is 2. The van der Waals surface area contributed by atoms with E-state index in [9.17, 15) is 10.2 Å². The zero-order chi connectivity index (χ0) is 28.7. The Bertz CT molecular complexity index is 1620. The molecule has 2 aromatic heterocycles. The fraction of sp³-hybridized carbons (Fsp3) is 0.188. The summed E-state index contributed by atoms with van der Waals surface area (Å²) in [5.41, 5.74) is 3.77. The van der Waals surface area contributed by atoms with Gasteiger partial charge in [0.1, 0.15) is 9.40 Å². The maximum atomic E-state index is 12.2. The zero-order valence-electron chi connectivity index (χ0n) is 24.4. The van der Waals surface area contributed by atoms with Gasteiger partial charge in [-0.3, -0.25) is 0 Å². The number of H-pyrrole nitrogens is 2. The van der Waals surface area contributed by atoms with E-state index in [2.05, 4.69) is 73.5 Å². The van der Waals surface area contributed by atoms with Crippen molar-refractivity contribution in [2.24, 2.45) is 0 Å². The average Bonchev–Trinajstić information content (AvgIpc) is 3.52. The Morgan fingerprint density at radius 1 is 0.537 bits per heavy atom. The van der Waals surface area contributed by atoms with Crippen molar-refractivity contribution in [2.75, 3.05) is 0 Å². The van der Waals surface area contributed by atoms with Crippen molar-refractivity contribution >= 4 is 79.7 Å². The molecule has 0 radical (unpaired) electrons. The summed E-state index contributed by atoms with van der Waals surface area (Å²) in [7, 11) is -2.82. The van der Waals surface area contributed by atoms with E-state index in [0.29, 0.717) is 0 Å². The number of aromatic amines is 2. The summed E-state index contributed by atoms with van der Waals surface area (Å²) in [6.07, 6.45) is 0. The van der Waals surface area contributed by atoms with Crippen LogP contribution in [0.2, 0.25) is 39.3 Å². The number of thiazole rings is 2. The first-order valence-corrected chi connectivity index (χ1v) is 22.0. The van der Waals surface area contributed by atoms with Crippen LogP contribution in [0.5, 0.6) is 11.5 Å². The molecule has 0 aliphatic carbocycles. The molecule has 2 N–H and O–H groups in total. The molecule has 41 heavy (non-hydrogen) atoms. The first-order valence-electron chi connectivity index (χ1n) is 13.4. The number of para-hydroxylation sites is 2. The second kappa shape index (κ2) is 12.0. The van der Waals surface area contributed by atoms with Crippen molar-refractivity contribution in [2.45, 2.75) is 39.3 Å². The van der Waals surface area contributed by atoms with Crippen LogP contribution in [0, 0.1) is 0 Å². The van der Waals surface area contributed by atoms with Crippen molar-refractivity contribution in [1.29, 1.82) is 0 Å². The summed E-state index contributed by atoms with van der Waals surface area (Å²) in [5.74, 6) is 0.185. The van der Waals surface area contributed by atoms with Crippen LogP contribution in [-0.2, 0) is 0 Å². The maximum Gasteiger partial charge on any atom is 2.00 e. The maximum absolute atomic E-state index is 12.2. The number of hydrogen-bond donors (Lipinski definition) is 0. The van der Waals surface area contributed by atoms with Gasteiger partial charge in [0, 0.05) is 23.3 Å². The average molecular weight is 608 g/mol. The van der Waals surface area contributed by atoms with E-state index in [1.165, 1.54) is 19.8 Å². The molecule has 0 aliphatic rings. The predicted octanol–water partition coefficient (Wildman–Crippen LogP) is 5.62. The van der Waals surface area contributed by atoms with Gasteiger partial charge in [0.05, 0.1) is 16.1 Å². The topological polar surface area (TPSA) is 74.4 Å². The quantitative estimate of drug-likeness (QED) is 0.244. The number of benzene rings is 4. The first-order chi connectivity index (χ1) is 18.9. The van der Waals surface area contributed by atoms with Crippen LogP contribution in [0.25, 0.3) is 41.6 Å². The number of hydrogen-bond acceptors (Lipinski definition) is 4. The van der Waals surface area contributed by atoms with E-state index in [0.717, 1.165) is 32.2 Å². The van der Waals surface area contributed by atoms with E-state index >= 15 is 0 Å². The Morgan fingerprint density at radius 2 is 0.902 bits per heavy atom. The third kappa shape index (κ3) is 6.85. The first kappa shape index (κ1) is 30.8. The molecule has 0 bridgehead atoms. The molecule has 0 saturated carbocycles. The van der Waals surface area contributed by atoms with E-state index in [-0.39, 0.29) is 21.6 Å². The molecule has 0 fully saturated rings. The van der Waals surface area contributed by atoms with Gasteiger partial charge in [-0.05, 0) is 24.3 Å². The van der Waals surface area contributed by atoms with E-state index in [4.69, 9.17) is 0 Å². The molecule has 9 heteroatoms. The molecule has 6 rings (SSSR count). The summed E-state index contributed by atoms with van der Waals surface area (Å²) in [5, 5.41) is 28.9. The fourth-order valence-electron chi connectivity index (χ4n) is 4.43. The third-order valence-corrected chi connectivity index (χ3v) is 13.2. The van der Waals surface area contributed by atoms with Crippen molar-refractivity contribution < 1.29 is 20.2 Å². The zero-order valence-corrected chi connectivity index (χ0v) is 28.1. The van der Waals surface area contributed by atoms with Gasteiger partial charge in [-0.1, -0.05) is 132 Å². The number of fused-ring (bicyclic) bond motifs is 2. The number of rotatable bonds is 4. The van der Waals surface area contributed by atoms with Gasteiger partial charge >= 0.3 is 10.1 Å². The second-order valence-electron chi connectivity index (χ2n) is 12.0. The Hall–Kier alpha value is -3.14. The fourth-order valence-corrected chi connectivity index (χ4v) is 8.80. The molecule has 2 heterocycles. The molecular formula is C32H34BeN2O2S2Si2+2. The third-order valence-electron chi connectivity index (χ3n) is 6.87. The molecule has 4 aromatic carbocycles. The van der Waals surface area contributed by atoms with Crippen molar-refractivity contribution in [3.63, 3.8) is 0 Å². The van der Waals surface area contributed by atoms with Crippen LogP contribution in [0.1, 0.15) is 0 Å². The minimum atomic E-state index is -1.41. The van der Waals surface area contributed by atoms with Crippen LogP contribution < -0.4 is 30.6 Å². The Balaban J connectivity index is 0.000000184. The second-order valence-corrected chi connectivity index (χ2v) is 24.3. The van der Waals surface area contributed by atoms with Gasteiger partial charge in [0.2, 0.25) is 11.0 Å². The van der Waals surface area contributed by atoms with Crippen LogP contribution in [0.15, 0.2) is 84.9 Å². The molecule has 0 amide bonds. The van der Waals surface area contributed by atoms with Gasteiger partial charge in [-0.15, -0.1) is 0 Å². The molecule has 6 aromatic rings. The van der Waals surface area contributed by atoms with E-state index in [1.54, 1.807) is 34.8 Å². The Labute approximate surface area is 255 Å². The molecule has 0 unspecified atom stereocenters. The molecular weight excluding hydrogens is 574 g/mol. The molecule has 0 aliphatic heterocycles. The number of nitrogens with one attached hydrogen (secondary N) is 2. The monoisotopic (exact) mass is 607 g/mol. The van der Waals surface area contributed by atoms with Gasteiger partial charge in [-0.2, -0.15) is 9.97 Å². The summed E-state index contributed by atoms with van der Waals surface area (Å²) < 4.78 is 2.36. The van der Waals surface area contributed by atoms with Gasteiger partial charge in [-0.25, -0.2) is 0 Å². The minimum Gasteiger partial charge on any atom is -0.872 e.